The van der Waals surface area contributed by atoms with Crippen LogP contribution in [0, 0.1) is 13.3 Å². The molecule has 0 rings (SSSR count). The highest BCUT2D eigenvalue weighted by Crippen LogP contribution is 2.05. The number of hydrogen-bond acceptors (Lipinski definition) is 0. The fourth-order valence-electron chi connectivity index (χ4n) is 1.18. The average molecular weight is 166 g/mol. The third-order valence-electron chi connectivity index (χ3n) is 1.94. The Morgan fingerprint density at radius 3 is 2.42 bits per heavy atom. The summed E-state index contributed by atoms with van der Waals surface area (Å²) in [5.74, 6) is 0. The summed E-state index contributed by atoms with van der Waals surface area (Å²) in [6.45, 7) is 5.92. The largest absolute Gasteiger partial charge is 0.0885 e. The van der Waals surface area contributed by atoms with Crippen molar-refractivity contribution in [1.82, 2.24) is 0 Å². The third kappa shape index (κ3) is 9.74. The highest BCUT2D eigenvalue weighted by atomic mass is 13.9. The Labute approximate surface area is 78.1 Å². The van der Waals surface area contributed by atoms with Gasteiger partial charge < -0.3 is 0 Å². The maximum absolute atomic E-state index is 3.67. The van der Waals surface area contributed by atoms with Crippen LogP contribution in [0.5, 0.6) is 0 Å². The molecule has 0 N–H and O–H groups in total. The first-order valence-corrected chi connectivity index (χ1v) is 5.17. The summed E-state index contributed by atoms with van der Waals surface area (Å²) in [4.78, 5) is 0. The predicted octanol–water partition coefficient (Wildman–Crippen LogP) is 4.33. The van der Waals surface area contributed by atoms with E-state index in [1.807, 2.05) is 6.42 Å². The Hall–Kier alpha value is -0.260. The van der Waals surface area contributed by atoms with Crippen LogP contribution in [-0.4, -0.2) is 0 Å². The maximum atomic E-state index is 3.67. The van der Waals surface area contributed by atoms with Gasteiger partial charge in [-0.3, -0.25) is 0 Å². The van der Waals surface area contributed by atoms with E-state index in [1.165, 1.54) is 38.5 Å². The molecule has 0 saturated heterocycles. The summed E-state index contributed by atoms with van der Waals surface area (Å²) in [6, 6.07) is 0. The number of hydrogen-bond donors (Lipinski definition) is 0. The quantitative estimate of drug-likeness (QED) is 0.372. The van der Waals surface area contributed by atoms with E-state index in [1.54, 1.807) is 0 Å². The van der Waals surface area contributed by atoms with E-state index in [0.29, 0.717) is 0 Å². The van der Waals surface area contributed by atoms with Crippen molar-refractivity contribution in [1.29, 1.82) is 0 Å². The van der Waals surface area contributed by atoms with E-state index in [0.717, 1.165) is 6.42 Å². The minimum absolute atomic E-state index is 1.02. The molecule has 0 aliphatic rings. The molecule has 0 aliphatic carbocycles. The van der Waals surface area contributed by atoms with E-state index in [4.69, 9.17) is 0 Å². The highest BCUT2D eigenvalue weighted by molar-refractivity contribution is 4.87. The van der Waals surface area contributed by atoms with Crippen molar-refractivity contribution in [2.75, 3.05) is 0 Å². The molecule has 0 atom stereocenters. The van der Waals surface area contributed by atoms with Gasteiger partial charge in [-0.05, 0) is 32.6 Å². The Bertz CT molecular complexity index is 92.2. The van der Waals surface area contributed by atoms with Gasteiger partial charge in [-0.1, -0.05) is 44.8 Å². The van der Waals surface area contributed by atoms with Crippen molar-refractivity contribution in [3.8, 4) is 0 Å². The van der Waals surface area contributed by atoms with Gasteiger partial charge in [-0.2, -0.15) is 0 Å². The second-order valence-electron chi connectivity index (χ2n) is 3.20. The van der Waals surface area contributed by atoms with E-state index in [9.17, 15) is 0 Å². The Morgan fingerprint density at radius 2 is 1.75 bits per heavy atom. The first-order chi connectivity index (χ1) is 5.91. The van der Waals surface area contributed by atoms with Gasteiger partial charge in [0.05, 0.1) is 0 Å². The standard InChI is InChI=1S/C12H22/c1-3-5-7-9-11-12-10-8-6-4-2/h3,7,9H,1,4-6,8,10-12H2,2H3. The topological polar surface area (TPSA) is 0 Å². The SMILES string of the molecule is [CH2][CH]CC=CCCCCCCC. The van der Waals surface area contributed by atoms with Gasteiger partial charge in [0.15, 0.2) is 0 Å². The van der Waals surface area contributed by atoms with Gasteiger partial charge in [-0.15, -0.1) is 0 Å². The molecule has 0 aromatic carbocycles. The Morgan fingerprint density at radius 1 is 1.00 bits per heavy atom. The summed E-state index contributed by atoms with van der Waals surface area (Å²) in [5.41, 5.74) is 0. The van der Waals surface area contributed by atoms with Gasteiger partial charge in [0.2, 0.25) is 0 Å². The van der Waals surface area contributed by atoms with E-state index < -0.39 is 0 Å². The second kappa shape index (κ2) is 10.7. The van der Waals surface area contributed by atoms with Crippen LogP contribution in [0.1, 0.15) is 51.9 Å². The normalized spacial score (nSPS) is 11.2. The van der Waals surface area contributed by atoms with E-state index >= 15 is 0 Å². The molecular formula is C12H22. The fourth-order valence-corrected chi connectivity index (χ4v) is 1.18. The molecule has 0 bridgehead atoms. The zero-order valence-corrected chi connectivity index (χ0v) is 8.39. The van der Waals surface area contributed by atoms with Gasteiger partial charge in [0, 0.05) is 0 Å². The van der Waals surface area contributed by atoms with Crippen LogP contribution in [0.25, 0.3) is 0 Å². The second-order valence-corrected chi connectivity index (χ2v) is 3.20. The minimum atomic E-state index is 1.02. The van der Waals surface area contributed by atoms with Crippen molar-refractivity contribution in [3.05, 3.63) is 25.5 Å². The van der Waals surface area contributed by atoms with E-state index in [2.05, 4.69) is 26.0 Å². The zero-order valence-electron chi connectivity index (χ0n) is 8.39. The molecular weight excluding hydrogens is 144 g/mol. The zero-order chi connectivity index (χ0) is 9.07. The van der Waals surface area contributed by atoms with Crippen LogP contribution in [0.3, 0.4) is 0 Å². The Balaban J connectivity index is 2.90. The smallest absolute Gasteiger partial charge is 0.0319 e. The first kappa shape index (κ1) is 11.7. The van der Waals surface area contributed by atoms with Crippen LogP contribution in [-0.2, 0) is 0 Å². The van der Waals surface area contributed by atoms with Gasteiger partial charge in [0.25, 0.3) is 0 Å². The minimum Gasteiger partial charge on any atom is -0.0885 e. The molecule has 0 nitrogen and oxygen atoms in total. The van der Waals surface area contributed by atoms with Crippen LogP contribution in [0.15, 0.2) is 12.2 Å². The lowest BCUT2D eigenvalue weighted by Gasteiger charge is -1.95. The summed E-state index contributed by atoms with van der Waals surface area (Å²) in [6.07, 6.45) is 15.6. The average Bonchev–Trinajstić information content (AvgIpc) is 2.10. The molecule has 70 valence electrons. The van der Waals surface area contributed by atoms with E-state index in [-0.39, 0.29) is 0 Å². The molecule has 0 saturated carbocycles. The fraction of sp³-hybridized carbons (Fsp3) is 0.667. The van der Waals surface area contributed by atoms with Gasteiger partial charge in [0.1, 0.15) is 0 Å². The molecule has 2 radical (unpaired) electrons. The number of unbranched alkanes of at least 4 members (excludes halogenated alkanes) is 6. The van der Waals surface area contributed by atoms with Crippen LogP contribution in [0.4, 0.5) is 0 Å². The molecule has 0 fully saturated rings. The molecule has 0 heterocycles. The highest BCUT2D eigenvalue weighted by Gasteiger charge is 1.85. The number of allylic oxidation sites excluding steroid dienone is 2. The van der Waals surface area contributed by atoms with Crippen molar-refractivity contribution in [3.63, 3.8) is 0 Å². The van der Waals surface area contributed by atoms with Crippen molar-refractivity contribution >= 4 is 0 Å². The Kier molecular flexibility index (Phi) is 10.5. The lowest BCUT2D eigenvalue weighted by atomic mass is 10.1. The first-order valence-electron chi connectivity index (χ1n) is 5.17. The molecule has 0 spiro atoms. The third-order valence-corrected chi connectivity index (χ3v) is 1.94. The lowest BCUT2D eigenvalue weighted by molar-refractivity contribution is 0.637. The van der Waals surface area contributed by atoms with Gasteiger partial charge >= 0.3 is 0 Å². The molecule has 0 heteroatoms. The molecule has 12 heavy (non-hydrogen) atoms. The lowest BCUT2D eigenvalue weighted by Crippen LogP contribution is -1.75. The van der Waals surface area contributed by atoms with Gasteiger partial charge in [-0.25, -0.2) is 0 Å². The predicted molar refractivity (Wildman–Crippen MR) is 56.8 cm³/mol. The molecule has 0 amide bonds. The number of rotatable bonds is 8. The monoisotopic (exact) mass is 166 g/mol. The molecule has 0 aromatic heterocycles. The summed E-state index contributed by atoms with van der Waals surface area (Å²) >= 11 is 0. The molecule has 0 unspecified atom stereocenters. The van der Waals surface area contributed by atoms with Crippen molar-refractivity contribution < 1.29 is 0 Å². The van der Waals surface area contributed by atoms with Crippen LogP contribution >= 0.6 is 0 Å². The molecule has 0 aliphatic heterocycles. The summed E-state index contributed by atoms with van der Waals surface area (Å²) in [5, 5.41) is 0. The molecule has 0 aromatic rings. The summed E-state index contributed by atoms with van der Waals surface area (Å²) < 4.78 is 0. The maximum Gasteiger partial charge on any atom is -0.0319 e. The van der Waals surface area contributed by atoms with Crippen LogP contribution < -0.4 is 0 Å². The van der Waals surface area contributed by atoms with Crippen molar-refractivity contribution in [2.24, 2.45) is 0 Å². The van der Waals surface area contributed by atoms with Crippen LogP contribution in [0.2, 0.25) is 0 Å². The van der Waals surface area contributed by atoms with Crippen molar-refractivity contribution in [2.45, 2.75) is 51.9 Å². The summed E-state index contributed by atoms with van der Waals surface area (Å²) in [7, 11) is 0.